The number of carbonyl (C=O) groups is 1. The number of carbonyl (C=O) groups excluding carboxylic acids is 1. The molecule has 0 fully saturated rings. The van der Waals surface area contributed by atoms with Crippen LogP contribution in [0.4, 0.5) is 8.78 Å². The second kappa shape index (κ2) is 5.81. The normalized spacial score (nSPS) is 10.8. The Bertz CT molecular complexity index is 623. The molecule has 0 radical (unpaired) electrons. The zero-order valence-corrected chi connectivity index (χ0v) is 11.1. The van der Waals surface area contributed by atoms with Crippen LogP contribution in [0.25, 0.3) is 0 Å². The summed E-state index contributed by atoms with van der Waals surface area (Å²) in [6.07, 6.45) is 0.162. The SMILES string of the molecule is Cc1cc(CC(=O)c2cccc(OC(F)F)c2)n(C)n1. The molecule has 2 rings (SSSR count). The van der Waals surface area contributed by atoms with Gasteiger partial charge in [-0.2, -0.15) is 13.9 Å². The summed E-state index contributed by atoms with van der Waals surface area (Å²) in [4.78, 5) is 12.1. The molecule has 1 aromatic heterocycles. The maximum atomic E-state index is 12.1. The van der Waals surface area contributed by atoms with E-state index in [1.165, 1.54) is 18.2 Å². The monoisotopic (exact) mass is 280 g/mol. The van der Waals surface area contributed by atoms with E-state index in [1.54, 1.807) is 17.8 Å². The Morgan fingerprint density at radius 3 is 2.75 bits per heavy atom. The van der Waals surface area contributed by atoms with Crippen LogP contribution < -0.4 is 4.74 Å². The van der Waals surface area contributed by atoms with Crippen molar-refractivity contribution in [2.75, 3.05) is 0 Å². The highest BCUT2D eigenvalue weighted by molar-refractivity contribution is 5.97. The summed E-state index contributed by atoms with van der Waals surface area (Å²) in [7, 11) is 1.76. The van der Waals surface area contributed by atoms with Crippen molar-refractivity contribution in [1.29, 1.82) is 0 Å². The number of hydrogen-bond donors (Lipinski definition) is 0. The average Bonchev–Trinajstić information content (AvgIpc) is 2.67. The Morgan fingerprint density at radius 1 is 1.40 bits per heavy atom. The Kier molecular flexibility index (Phi) is 4.12. The minimum absolute atomic E-state index is 0.0213. The van der Waals surface area contributed by atoms with Crippen molar-refractivity contribution < 1.29 is 18.3 Å². The van der Waals surface area contributed by atoms with Gasteiger partial charge in [0.25, 0.3) is 0 Å². The summed E-state index contributed by atoms with van der Waals surface area (Å²) in [5.41, 5.74) is 1.93. The summed E-state index contributed by atoms with van der Waals surface area (Å²) in [5, 5.41) is 4.16. The van der Waals surface area contributed by atoms with Gasteiger partial charge in [-0.05, 0) is 25.1 Å². The molecule has 2 aromatic rings. The third kappa shape index (κ3) is 3.40. The Hall–Kier alpha value is -2.24. The maximum absolute atomic E-state index is 12.1. The molecule has 4 nitrogen and oxygen atoms in total. The molecule has 0 saturated heterocycles. The molecule has 0 atom stereocenters. The van der Waals surface area contributed by atoms with Gasteiger partial charge in [0.2, 0.25) is 0 Å². The second-order valence-corrected chi connectivity index (χ2v) is 4.41. The predicted octanol–water partition coefficient (Wildman–Crippen LogP) is 2.76. The zero-order valence-electron chi connectivity index (χ0n) is 11.1. The summed E-state index contributed by atoms with van der Waals surface area (Å²) < 4.78 is 30.2. The van der Waals surface area contributed by atoms with Crippen molar-refractivity contribution in [3.05, 3.63) is 47.3 Å². The average molecular weight is 280 g/mol. The van der Waals surface area contributed by atoms with Crippen molar-refractivity contribution in [3.8, 4) is 5.75 Å². The van der Waals surface area contributed by atoms with Gasteiger partial charge < -0.3 is 4.74 Å². The van der Waals surface area contributed by atoms with Crippen LogP contribution in [0.2, 0.25) is 0 Å². The molecule has 0 aliphatic carbocycles. The fourth-order valence-electron chi connectivity index (χ4n) is 1.94. The molecule has 1 heterocycles. The number of nitrogens with zero attached hydrogens (tertiary/aromatic N) is 2. The fraction of sp³-hybridized carbons (Fsp3) is 0.286. The van der Waals surface area contributed by atoms with Gasteiger partial charge in [-0.15, -0.1) is 0 Å². The van der Waals surface area contributed by atoms with Crippen LogP contribution in [-0.2, 0) is 13.5 Å². The minimum Gasteiger partial charge on any atom is -0.435 e. The van der Waals surface area contributed by atoms with Crippen LogP contribution in [-0.4, -0.2) is 22.2 Å². The number of Topliss-reactive ketones (excluding diaryl/α,β-unsaturated/α-hetero) is 1. The summed E-state index contributed by atoms with van der Waals surface area (Å²) in [6, 6.07) is 7.61. The van der Waals surface area contributed by atoms with Crippen molar-refractivity contribution >= 4 is 5.78 Å². The van der Waals surface area contributed by atoms with E-state index in [-0.39, 0.29) is 18.0 Å². The van der Waals surface area contributed by atoms with E-state index >= 15 is 0 Å². The van der Waals surface area contributed by atoms with Crippen molar-refractivity contribution in [2.24, 2.45) is 7.05 Å². The molecule has 0 aliphatic heterocycles. The second-order valence-electron chi connectivity index (χ2n) is 4.41. The molecule has 6 heteroatoms. The molecule has 0 bridgehead atoms. The Morgan fingerprint density at radius 2 is 2.15 bits per heavy atom. The van der Waals surface area contributed by atoms with E-state index in [0.717, 1.165) is 11.4 Å². The first-order valence-corrected chi connectivity index (χ1v) is 6.03. The maximum Gasteiger partial charge on any atom is 0.387 e. The van der Waals surface area contributed by atoms with Crippen LogP contribution in [0.3, 0.4) is 0 Å². The van der Waals surface area contributed by atoms with E-state index in [2.05, 4.69) is 9.84 Å². The largest absolute Gasteiger partial charge is 0.435 e. The number of benzene rings is 1. The van der Waals surface area contributed by atoms with E-state index in [1.807, 2.05) is 13.0 Å². The van der Waals surface area contributed by atoms with E-state index in [4.69, 9.17) is 0 Å². The molecule has 1 aromatic carbocycles. The zero-order chi connectivity index (χ0) is 14.7. The van der Waals surface area contributed by atoms with Gasteiger partial charge in [-0.25, -0.2) is 0 Å². The number of ether oxygens (including phenoxy) is 1. The smallest absolute Gasteiger partial charge is 0.387 e. The standard InChI is InChI=1S/C14H14F2N2O2/c1-9-6-11(18(2)17-9)8-13(19)10-4-3-5-12(7-10)20-14(15)16/h3-7,14H,8H2,1-2H3. The lowest BCUT2D eigenvalue weighted by molar-refractivity contribution is -0.0498. The van der Waals surface area contributed by atoms with Crippen molar-refractivity contribution in [1.82, 2.24) is 9.78 Å². The molecule has 0 spiro atoms. The number of hydrogen-bond acceptors (Lipinski definition) is 3. The summed E-state index contributed by atoms with van der Waals surface area (Å²) in [5.74, 6) is -0.195. The topological polar surface area (TPSA) is 44.1 Å². The van der Waals surface area contributed by atoms with Gasteiger partial charge in [0, 0.05) is 18.3 Å². The van der Waals surface area contributed by atoms with Crippen LogP contribution in [0.1, 0.15) is 21.7 Å². The fourth-order valence-corrected chi connectivity index (χ4v) is 1.94. The number of rotatable bonds is 5. The Balaban J connectivity index is 2.15. The number of alkyl halides is 2. The van der Waals surface area contributed by atoms with Gasteiger partial charge in [-0.3, -0.25) is 9.48 Å². The van der Waals surface area contributed by atoms with Crippen LogP contribution >= 0.6 is 0 Å². The Labute approximate surface area is 115 Å². The van der Waals surface area contributed by atoms with Crippen molar-refractivity contribution in [2.45, 2.75) is 20.0 Å². The molecule has 0 amide bonds. The number of ketones is 1. The van der Waals surface area contributed by atoms with E-state index in [9.17, 15) is 13.6 Å². The molecule has 106 valence electrons. The lowest BCUT2D eigenvalue weighted by Gasteiger charge is -2.06. The van der Waals surface area contributed by atoms with Gasteiger partial charge in [-0.1, -0.05) is 12.1 Å². The van der Waals surface area contributed by atoms with E-state index in [0.29, 0.717) is 5.56 Å². The third-order valence-electron chi connectivity index (χ3n) is 2.82. The van der Waals surface area contributed by atoms with E-state index < -0.39 is 6.61 Å². The first-order valence-electron chi connectivity index (χ1n) is 6.03. The van der Waals surface area contributed by atoms with Gasteiger partial charge >= 0.3 is 6.61 Å². The number of aromatic nitrogens is 2. The molecular formula is C14H14F2N2O2. The lowest BCUT2D eigenvalue weighted by Crippen LogP contribution is -2.08. The van der Waals surface area contributed by atoms with Crippen LogP contribution in [0, 0.1) is 6.92 Å². The quantitative estimate of drug-likeness (QED) is 0.791. The number of aryl methyl sites for hydroxylation is 2. The van der Waals surface area contributed by atoms with Crippen LogP contribution in [0.15, 0.2) is 30.3 Å². The highest BCUT2D eigenvalue weighted by atomic mass is 19.3. The first-order chi connectivity index (χ1) is 9.45. The third-order valence-corrected chi connectivity index (χ3v) is 2.82. The molecule has 0 saturated carbocycles. The summed E-state index contributed by atoms with van der Waals surface area (Å²) in [6.45, 7) is -1.06. The van der Waals surface area contributed by atoms with Gasteiger partial charge in [0.05, 0.1) is 12.1 Å². The minimum atomic E-state index is -2.90. The summed E-state index contributed by atoms with van der Waals surface area (Å²) >= 11 is 0. The molecule has 20 heavy (non-hydrogen) atoms. The van der Waals surface area contributed by atoms with Crippen molar-refractivity contribution in [3.63, 3.8) is 0 Å². The first kappa shape index (κ1) is 14.2. The molecular weight excluding hydrogens is 266 g/mol. The molecule has 0 aliphatic rings. The molecule has 0 unspecified atom stereocenters. The van der Waals surface area contributed by atoms with Gasteiger partial charge in [0.15, 0.2) is 5.78 Å². The highest BCUT2D eigenvalue weighted by Crippen LogP contribution is 2.17. The highest BCUT2D eigenvalue weighted by Gasteiger charge is 2.12. The molecule has 0 N–H and O–H groups in total. The van der Waals surface area contributed by atoms with Crippen LogP contribution in [0.5, 0.6) is 5.75 Å². The predicted molar refractivity (Wildman–Crippen MR) is 69.1 cm³/mol. The number of halogens is 2. The van der Waals surface area contributed by atoms with Gasteiger partial charge in [0.1, 0.15) is 5.75 Å². The lowest BCUT2D eigenvalue weighted by atomic mass is 10.1.